The Morgan fingerprint density at radius 2 is 2.23 bits per heavy atom. The van der Waals surface area contributed by atoms with E-state index in [2.05, 4.69) is 27.5 Å². The first kappa shape index (κ1) is 19.9. The number of ether oxygens (including phenoxy) is 1. The van der Waals surface area contributed by atoms with Crippen LogP contribution in [0.2, 0.25) is 0 Å². The van der Waals surface area contributed by atoms with E-state index in [0.717, 1.165) is 19.4 Å². The van der Waals surface area contributed by atoms with Crippen LogP contribution in [0.4, 0.5) is 10.1 Å². The lowest BCUT2D eigenvalue weighted by atomic mass is 9.98. The summed E-state index contributed by atoms with van der Waals surface area (Å²) in [4.78, 5) is 27.7. The Bertz CT molecular complexity index is 1110. The molecule has 4 rings (SSSR count). The second kappa shape index (κ2) is 8.17. The van der Waals surface area contributed by atoms with Crippen molar-refractivity contribution in [3.05, 3.63) is 52.1 Å². The SMILES string of the molecule is CCOC(=O)c1c[nH]c(/C=C2\C(=O)Nc3ccc(F)c(C#C[C@@H]4CCCN4)c32)c1C. The Hall–Kier alpha value is -3.37. The van der Waals surface area contributed by atoms with Crippen molar-refractivity contribution in [3.8, 4) is 11.8 Å². The van der Waals surface area contributed by atoms with Crippen LogP contribution in [0.25, 0.3) is 11.6 Å². The number of H-pyrrole nitrogens is 1. The van der Waals surface area contributed by atoms with Crippen LogP contribution in [0, 0.1) is 24.6 Å². The van der Waals surface area contributed by atoms with Crippen LogP contribution in [-0.4, -0.2) is 36.1 Å². The molecule has 0 saturated carbocycles. The number of esters is 1. The minimum absolute atomic E-state index is 0.0236. The third-order valence-electron chi connectivity index (χ3n) is 5.31. The summed E-state index contributed by atoms with van der Waals surface area (Å²) in [7, 11) is 0. The minimum atomic E-state index is -0.475. The molecule has 1 atom stereocenters. The van der Waals surface area contributed by atoms with Gasteiger partial charge in [-0.1, -0.05) is 11.8 Å². The monoisotopic (exact) mass is 407 g/mol. The smallest absolute Gasteiger partial charge is 0.339 e. The predicted octanol–water partition coefficient (Wildman–Crippen LogP) is 3.24. The highest BCUT2D eigenvalue weighted by atomic mass is 19.1. The summed E-state index contributed by atoms with van der Waals surface area (Å²) < 4.78 is 19.7. The molecular formula is C23H22FN3O3. The van der Waals surface area contributed by atoms with Gasteiger partial charge in [-0.3, -0.25) is 4.79 Å². The largest absolute Gasteiger partial charge is 0.462 e. The van der Waals surface area contributed by atoms with Crippen LogP contribution in [-0.2, 0) is 9.53 Å². The van der Waals surface area contributed by atoms with Crippen molar-refractivity contribution in [3.63, 3.8) is 0 Å². The van der Waals surface area contributed by atoms with Gasteiger partial charge in [0.05, 0.1) is 35.0 Å². The first-order valence-electron chi connectivity index (χ1n) is 9.95. The van der Waals surface area contributed by atoms with Crippen molar-refractivity contribution in [1.82, 2.24) is 10.3 Å². The zero-order valence-electron chi connectivity index (χ0n) is 16.8. The number of aromatic amines is 1. The zero-order chi connectivity index (χ0) is 21.3. The summed E-state index contributed by atoms with van der Waals surface area (Å²) in [6.07, 6.45) is 5.12. The van der Waals surface area contributed by atoms with E-state index >= 15 is 0 Å². The molecule has 1 fully saturated rings. The number of carbonyl (C=O) groups excluding carboxylic acids is 2. The quantitative estimate of drug-likeness (QED) is 0.414. The lowest BCUT2D eigenvalue weighted by molar-refractivity contribution is -0.110. The van der Waals surface area contributed by atoms with Crippen LogP contribution in [0.5, 0.6) is 0 Å². The highest BCUT2D eigenvalue weighted by molar-refractivity contribution is 6.35. The molecule has 1 saturated heterocycles. The Morgan fingerprint density at radius 1 is 1.40 bits per heavy atom. The molecule has 0 aliphatic carbocycles. The average Bonchev–Trinajstić information content (AvgIpc) is 3.43. The molecule has 2 aliphatic heterocycles. The first-order valence-corrected chi connectivity index (χ1v) is 9.95. The normalized spacial score (nSPS) is 18.7. The van der Waals surface area contributed by atoms with E-state index < -0.39 is 11.8 Å². The van der Waals surface area contributed by atoms with Crippen molar-refractivity contribution >= 4 is 29.2 Å². The van der Waals surface area contributed by atoms with Crippen molar-refractivity contribution < 1.29 is 18.7 Å². The second-order valence-electron chi connectivity index (χ2n) is 7.24. The number of hydrogen-bond donors (Lipinski definition) is 3. The van der Waals surface area contributed by atoms with Gasteiger partial charge >= 0.3 is 5.97 Å². The van der Waals surface area contributed by atoms with Gasteiger partial charge in [-0.25, -0.2) is 9.18 Å². The van der Waals surface area contributed by atoms with Crippen LogP contribution >= 0.6 is 0 Å². The van der Waals surface area contributed by atoms with E-state index in [4.69, 9.17) is 4.74 Å². The lowest BCUT2D eigenvalue weighted by Crippen LogP contribution is -2.18. The number of aromatic nitrogens is 1. The summed E-state index contributed by atoms with van der Waals surface area (Å²) in [5, 5.41) is 6.03. The van der Waals surface area contributed by atoms with E-state index in [-0.39, 0.29) is 24.1 Å². The maximum Gasteiger partial charge on any atom is 0.339 e. The molecule has 30 heavy (non-hydrogen) atoms. The number of nitrogens with one attached hydrogen (secondary N) is 3. The number of carbonyl (C=O) groups is 2. The number of anilines is 1. The molecule has 0 radical (unpaired) electrons. The molecule has 1 amide bonds. The third kappa shape index (κ3) is 3.62. The molecule has 3 N–H and O–H groups in total. The van der Waals surface area contributed by atoms with Gasteiger partial charge in [0.15, 0.2) is 0 Å². The Balaban J connectivity index is 1.77. The van der Waals surface area contributed by atoms with Crippen LogP contribution in [0.3, 0.4) is 0 Å². The molecule has 1 aromatic carbocycles. The van der Waals surface area contributed by atoms with Gasteiger partial charge < -0.3 is 20.4 Å². The van der Waals surface area contributed by atoms with Crippen molar-refractivity contribution in [1.29, 1.82) is 0 Å². The molecule has 6 nitrogen and oxygen atoms in total. The maximum atomic E-state index is 14.7. The van der Waals surface area contributed by atoms with Gasteiger partial charge in [0.2, 0.25) is 0 Å². The van der Waals surface area contributed by atoms with Crippen LogP contribution < -0.4 is 10.6 Å². The van der Waals surface area contributed by atoms with Gasteiger partial charge in [0, 0.05) is 17.5 Å². The molecule has 0 spiro atoms. The van der Waals surface area contributed by atoms with E-state index in [1.807, 2.05) is 0 Å². The fourth-order valence-electron chi connectivity index (χ4n) is 3.72. The lowest BCUT2D eigenvalue weighted by Gasteiger charge is -2.05. The summed E-state index contributed by atoms with van der Waals surface area (Å²) in [5.74, 6) is 4.76. The second-order valence-corrected chi connectivity index (χ2v) is 7.24. The number of amides is 1. The maximum absolute atomic E-state index is 14.7. The van der Waals surface area contributed by atoms with Crippen LogP contribution in [0.1, 0.15) is 52.5 Å². The number of halogens is 1. The summed E-state index contributed by atoms with van der Waals surface area (Å²) in [6, 6.07) is 2.87. The van der Waals surface area contributed by atoms with Gasteiger partial charge in [-0.2, -0.15) is 0 Å². The van der Waals surface area contributed by atoms with E-state index in [1.165, 1.54) is 12.1 Å². The van der Waals surface area contributed by atoms with Crippen molar-refractivity contribution in [2.45, 2.75) is 32.7 Å². The zero-order valence-corrected chi connectivity index (χ0v) is 16.8. The van der Waals surface area contributed by atoms with Gasteiger partial charge in [-0.05, 0) is 57.0 Å². The highest BCUT2D eigenvalue weighted by Crippen LogP contribution is 2.37. The number of hydrogen-bond acceptors (Lipinski definition) is 4. The molecule has 7 heteroatoms. The summed E-state index contributed by atoms with van der Waals surface area (Å²) in [5.41, 5.74) is 3.09. The number of rotatable bonds is 3. The molecule has 0 bridgehead atoms. The Kier molecular flexibility index (Phi) is 5.42. The summed E-state index contributed by atoms with van der Waals surface area (Å²) in [6.45, 7) is 4.67. The fourth-order valence-corrected chi connectivity index (χ4v) is 3.72. The fraction of sp³-hybridized carbons (Fsp3) is 0.304. The molecule has 2 aromatic rings. The first-order chi connectivity index (χ1) is 14.5. The standard InChI is InChI=1S/C23H22FN3O3/c1-3-30-23(29)17-12-26-20(13(17)2)11-16-21-15(7-6-14-5-4-10-25-14)18(24)8-9-19(21)27-22(16)28/h8-9,11-12,14,25-26H,3-5,10H2,1-2H3,(H,27,28)/b16-11-/t14-/m0/s1. The molecule has 3 heterocycles. The van der Waals surface area contributed by atoms with E-state index in [0.29, 0.717) is 33.6 Å². The van der Waals surface area contributed by atoms with Gasteiger partial charge in [0.1, 0.15) is 5.82 Å². The third-order valence-corrected chi connectivity index (χ3v) is 5.31. The highest BCUT2D eigenvalue weighted by Gasteiger charge is 2.29. The minimum Gasteiger partial charge on any atom is -0.462 e. The Morgan fingerprint density at radius 3 is 2.97 bits per heavy atom. The molecule has 1 aromatic heterocycles. The topological polar surface area (TPSA) is 83.2 Å². The predicted molar refractivity (Wildman–Crippen MR) is 112 cm³/mol. The average molecular weight is 407 g/mol. The molecular weight excluding hydrogens is 385 g/mol. The molecule has 2 aliphatic rings. The van der Waals surface area contributed by atoms with Crippen molar-refractivity contribution in [2.75, 3.05) is 18.5 Å². The number of benzene rings is 1. The van der Waals surface area contributed by atoms with E-state index in [1.54, 1.807) is 26.1 Å². The Labute approximate surface area is 173 Å². The van der Waals surface area contributed by atoms with Gasteiger partial charge in [0.25, 0.3) is 5.91 Å². The number of fused-ring (bicyclic) bond motifs is 1. The van der Waals surface area contributed by atoms with E-state index in [9.17, 15) is 14.0 Å². The summed E-state index contributed by atoms with van der Waals surface area (Å²) >= 11 is 0. The van der Waals surface area contributed by atoms with Gasteiger partial charge in [-0.15, -0.1) is 0 Å². The van der Waals surface area contributed by atoms with Crippen molar-refractivity contribution in [2.24, 2.45) is 0 Å². The molecule has 0 unspecified atom stereocenters. The van der Waals surface area contributed by atoms with Crippen LogP contribution in [0.15, 0.2) is 18.3 Å². The molecule has 154 valence electrons.